The zero-order valence-corrected chi connectivity index (χ0v) is 17.4. The van der Waals surface area contributed by atoms with Gasteiger partial charge in [-0.3, -0.25) is 4.99 Å². The molecule has 1 saturated heterocycles. The van der Waals surface area contributed by atoms with E-state index in [4.69, 9.17) is 0 Å². The van der Waals surface area contributed by atoms with Gasteiger partial charge in [0.05, 0.1) is 0 Å². The van der Waals surface area contributed by atoms with Gasteiger partial charge in [-0.25, -0.2) is 0 Å². The molecule has 132 valence electrons. The Morgan fingerprint density at radius 2 is 1.82 bits per heavy atom. The number of hydrogen-bond acceptors (Lipinski definition) is 2. The average Bonchev–Trinajstić information content (AvgIpc) is 2.53. The maximum atomic E-state index is 4.37. The highest BCUT2D eigenvalue weighted by molar-refractivity contribution is 14.0. The molecular weight excluding hydrogens is 387 g/mol. The fourth-order valence-electron chi connectivity index (χ4n) is 2.89. The van der Waals surface area contributed by atoms with Gasteiger partial charge in [-0.05, 0) is 31.7 Å². The van der Waals surface area contributed by atoms with Crippen LogP contribution in [0.5, 0.6) is 0 Å². The SMILES string of the molecule is CCCCN1CCC(NC(=NC)NCC(CC)CC)CC1.I. The van der Waals surface area contributed by atoms with Gasteiger partial charge in [-0.2, -0.15) is 0 Å². The molecule has 0 bridgehead atoms. The van der Waals surface area contributed by atoms with Crippen LogP contribution >= 0.6 is 24.0 Å². The van der Waals surface area contributed by atoms with Crippen molar-refractivity contribution in [3.05, 3.63) is 0 Å². The van der Waals surface area contributed by atoms with Crippen molar-refractivity contribution in [3.63, 3.8) is 0 Å². The molecule has 4 nitrogen and oxygen atoms in total. The summed E-state index contributed by atoms with van der Waals surface area (Å²) in [6, 6.07) is 0.579. The summed E-state index contributed by atoms with van der Waals surface area (Å²) >= 11 is 0. The van der Waals surface area contributed by atoms with Crippen LogP contribution in [0.3, 0.4) is 0 Å². The lowest BCUT2D eigenvalue weighted by Gasteiger charge is -2.33. The van der Waals surface area contributed by atoms with Crippen LogP contribution in [0, 0.1) is 5.92 Å². The molecule has 5 heteroatoms. The number of likely N-dealkylation sites (tertiary alicyclic amines) is 1. The Balaban J connectivity index is 0.00000441. The number of piperidine rings is 1. The lowest BCUT2D eigenvalue weighted by molar-refractivity contribution is 0.203. The topological polar surface area (TPSA) is 39.7 Å². The van der Waals surface area contributed by atoms with E-state index in [-0.39, 0.29) is 24.0 Å². The molecule has 0 saturated carbocycles. The van der Waals surface area contributed by atoms with Crippen molar-refractivity contribution >= 4 is 29.9 Å². The number of aliphatic imine (C=N–C) groups is 1. The Morgan fingerprint density at radius 3 is 2.32 bits per heavy atom. The maximum absolute atomic E-state index is 4.37. The number of halogens is 1. The second-order valence-electron chi connectivity index (χ2n) is 6.25. The van der Waals surface area contributed by atoms with Gasteiger partial charge in [0.25, 0.3) is 0 Å². The van der Waals surface area contributed by atoms with E-state index in [9.17, 15) is 0 Å². The molecule has 0 aromatic heterocycles. The van der Waals surface area contributed by atoms with Crippen LogP contribution in [0.15, 0.2) is 4.99 Å². The van der Waals surface area contributed by atoms with Gasteiger partial charge in [0.15, 0.2) is 5.96 Å². The number of unbranched alkanes of at least 4 members (excludes halogenated alkanes) is 1. The first-order chi connectivity index (χ1) is 10.2. The highest BCUT2D eigenvalue weighted by Gasteiger charge is 2.19. The molecule has 0 atom stereocenters. The van der Waals surface area contributed by atoms with E-state index in [1.54, 1.807) is 0 Å². The van der Waals surface area contributed by atoms with Crippen molar-refractivity contribution in [2.75, 3.05) is 33.2 Å². The lowest BCUT2D eigenvalue weighted by atomic mass is 10.0. The first kappa shape index (κ1) is 22.0. The third kappa shape index (κ3) is 8.56. The molecule has 22 heavy (non-hydrogen) atoms. The van der Waals surface area contributed by atoms with Gasteiger partial charge in [0, 0.05) is 32.7 Å². The number of nitrogens with zero attached hydrogens (tertiary/aromatic N) is 2. The normalized spacial score (nSPS) is 17.4. The molecule has 0 unspecified atom stereocenters. The van der Waals surface area contributed by atoms with Crippen LogP contribution in [0.1, 0.15) is 59.3 Å². The number of nitrogens with one attached hydrogen (secondary N) is 2. The van der Waals surface area contributed by atoms with E-state index < -0.39 is 0 Å². The molecule has 0 aliphatic carbocycles. The van der Waals surface area contributed by atoms with Crippen LogP contribution in [-0.4, -0.2) is 50.1 Å². The van der Waals surface area contributed by atoms with Gasteiger partial charge in [-0.1, -0.05) is 40.0 Å². The highest BCUT2D eigenvalue weighted by atomic mass is 127. The summed E-state index contributed by atoms with van der Waals surface area (Å²) in [5, 5.41) is 7.09. The van der Waals surface area contributed by atoms with Gasteiger partial charge >= 0.3 is 0 Å². The Kier molecular flexibility index (Phi) is 13.4. The van der Waals surface area contributed by atoms with Crippen molar-refractivity contribution in [2.24, 2.45) is 10.9 Å². The third-order valence-corrected chi connectivity index (χ3v) is 4.69. The summed E-state index contributed by atoms with van der Waals surface area (Å²) in [4.78, 5) is 6.97. The minimum absolute atomic E-state index is 0. The summed E-state index contributed by atoms with van der Waals surface area (Å²) in [6.07, 6.45) is 7.55. The molecule has 0 aromatic rings. The lowest BCUT2D eigenvalue weighted by Crippen LogP contribution is -2.49. The van der Waals surface area contributed by atoms with E-state index in [1.807, 2.05) is 7.05 Å². The van der Waals surface area contributed by atoms with Crippen LogP contribution in [0.2, 0.25) is 0 Å². The van der Waals surface area contributed by atoms with E-state index in [1.165, 1.54) is 58.2 Å². The third-order valence-electron chi connectivity index (χ3n) is 4.69. The largest absolute Gasteiger partial charge is 0.356 e. The molecule has 0 aromatic carbocycles. The van der Waals surface area contributed by atoms with Crippen molar-refractivity contribution in [3.8, 4) is 0 Å². The van der Waals surface area contributed by atoms with Crippen LogP contribution in [0.25, 0.3) is 0 Å². The zero-order chi connectivity index (χ0) is 15.5. The van der Waals surface area contributed by atoms with Crippen LogP contribution in [0.4, 0.5) is 0 Å². The van der Waals surface area contributed by atoms with Crippen LogP contribution < -0.4 is 10.6 Å². The fraction of sp³-hybridized carbons (Fsp3) is 0.941. The van der Waals surface area contributed by atoms with Gasteiger partial charge in [-0.15, -0.1) is 24.0 Å². The first-order valence-corrected chi connectivity index (χ1v) is 8.92. The van der Waals surface area contributed by atoms with Crippen molar-refractivity contribution in [2.45, 2.75) is 65.3 Å². The second kappa shape index (κ2) is 13.4. The van der Waals surface area contributed by atoms with Gasteiger partial charge in [0.2, 0.25) is 0 Å². The molecule has 2 N–H and O–H groups in total. The number of hydrogen-bond donors (Lipinski definition) is 2. The standard InChI is InChI=1S/C17H36N4.HI/c1-5-8-11-21-12-9-16(10-13-21)20-17(18-4)19-14-15(6-2)7-3;/h15-16H,5-14H2,1-4H3,(H2,18,19,20);1H. The van der Waals surface area contributed by atoms with Crippen molar-refractivity contribution in [1.82, 2.24) is 15.5 Å². The zero-order valence-electron chi connectivity index (χ0n) is 15.0. The van der Waals surface area contributed by atoms with E-state index >= 15 is 0 Å². The second-order valence-corrected chi connectivity index (χ2v) is 6.25. The average molecular weight is 424 g/mol. The Bertz CT molecular complexity index is 284. The van der Waals surface area contributed by atoms with Gasteiger partial charge in [0.1, 0.15) is 0 Å². The Hall–Kier alpha value is -0.0400. The molecule has 0 amide bonds. The van der Waals surface area contributed by atoms with E-state index in [2.05, 4.69) is 41.3 Å². The fourth-order valence-corrected chi connectivity index (χ4v) is 2.89. The minimum atomic E-state index is 0. The predicted octanol–water partition coefficient (Wildman–Crippen LogP) is 3.47. The van der Waals surface area contributed by atoms with Crippen molar-refractivity contribution in [1.29, 1.82) is 0 Å². The molecule has 1 aliphatic rings. The van der Waals surface area contributed by atoms with E-state index in [0.717, 1.165) is 18.4 Å². The molecular formula is C17H37IN4. The minimum Gasteiger partial charge on any atom is -0.356 e. The maximum Gasteiger partial charge on any atom is 0.191 e. The first-order valence-electron chi connectivity index (χ1n) is 8.92. The number of rotatable bonds is 8. The summed E-state index contributed by atoms with van der Waals surface area (Å²) in [5.41, 5.74) is 0. The molecule has 0 spiro atoms. The molecule has 1 aliphatic heterocycles. The molecule has 0 radical (unpaired) electrons. The van der Waals surface area contributed by atoms with Crippen molar-refractivity contribution < 1.29 is 0 Å². The molecule has 1 heterocycles. The summed E-state index contributed by atoms with van der Waals surface area (Å²) < 4.78 is 0. The Labute approximate surface area is 154 Å². The van der Waals surface area contributed by atoms with Gasteiger partial charge < -0.3 is 15.5 Å². The monoisotopic (exact) mass is 424 g/mol. The smallest absolute Gasteiger partial charge is 0.191 e. The summed E-state index contributed by atoms with van der Waals surface area (Å²) in [7, 11) is 1.87. The predicted molar refractivity (Wildman–Crippen MR) is 108 cm³/mol. The summed E-state index contributed by atoms with van der Waals surface area (Å²) in [5.74, 6) is 1.73. The highest BCUT2D eigenvalue weighted by Crippen LogP contribution is 2.11. The quantitative estimate of drug-likeness (QED) is 0.356. The number of guanidine groups is 1. The summed E-state index contributed by atoms with van der Waals surface area (Å²) in [6.45, 7) is 11.5. The molecule has 1 fully saturated rings. The Morgan fingerprint density at radius 1 is 1.18 bits per heavy atom. The van der Waals surface area contributed by atoms with E-state index in [0.29, 0.717) is 6.04 Å². The molecule has 1 rings (SSSR count). The van der Waals surface area contributed by atoms with Crippen LogP contribution in [-0.2, 0) is 0 Å².